The Morgan fingerprint density at radius 3 is 2.24 bits per heavy atom. The Morgan fingerprint density at radius 2 is 1.55 bits per heavy atom. The number of pyridine rings is 1. The third-order valence-electron chi connectivity index (χ3n) is 4.50. The summed E-state index contributed by atoms with van der Waals surface area (Å²) < 4.78 is 10.5. The van der Waals surface area contributed by atoms with E-state index in [0.29, 0.717) is 24.3 Å². The maximum Gasteiger partial charge on any atom is 0.224 e. The fourth-order valence-corrected chi connectivity index (χ4v) is 2.89. The minimum absolute atomic E-state index is 0.0303. The highest BCUT2D eigenvalue weighted by atomic mass is 16.5. The number of hydrogen-bond acceptors (Lipinski definition) is 5. The van der Waals surface area contributed by atoms with E-state index in [4.69, 9.17) is 9.47 Å². The molecule has 0 bridgehead atoms. The molecule has 0 saturated heterocycles. The first kappa shape index (κ1) is 20.2. The van der Waals surface area contributed by atoms with Crippen LogP contribution in [0.25, 0.3) is 0 Å². The number of aromatic nitrogens is 1. The number of nitrogens with one attached hydrogen (secondary N) is 2. The van der Waals surface area contributed by atoms with Crippen molar-refractivity contribution in [2.24, 2.45) is 0 Å². The van der Waals surface area contributed by atoms with Gasteiger partial charge in [0.25, 0.3) is 0 Å². The van der Waals surface area contributed by atoms with Gasteiger partial charge in [-0.2, -0.15) is 0 Å². The van der Waals surface area contributed by atoms with Gasteiger partial charge in [-0.25, -0.2) is 0 Å². The SMILES string of the molecule is COc1ccc(CCC(=O)Nc2ccc(NCc3ccncc3)cc2)cc1OC. The Labute approximate surface area is 170 Å². The maximum absolute atomic E-state index is 12.3. The van der Waals surface area contributed by atoms with Crippen LogP contribution in [0.15, 0.2) is 67.0 Å². The van der Waals surface area contributed by atoms with Crippen LogP contribution in [-0.4, -0.2) is 25.1 Å². The van der Waals surface area contributed by atoms with Crippen molar-refractivity contribution in [2.75, 3.05) is 24.9 Å². The van der Waals surface area contributed by atoms with Crippen molar-refractivity contribution in [3.8, 4) is 11.5 Å². The second kappa shape index (κ2) is 10.1. The van der Waals surface area contributed by atoms with Gasteiger partial charge in [0.05, 0.1) is 14.2 Å². The zero-order valence-electron chi connectivity index (χ0n) is 16.6. The molecule has 0 atom stereocenters. The van der Waals surface area contributed by atoms with Crippen LogP contribution in [0.3, 0.4) is 0 Å². The molecule has 6 nitrogen and oxygen atoms in total. The van der Waals surface area contributed by atoms with Crippen molar-refractivity contribution in [1.29, 1.82) is 0 Å². The lowest BCUT2D eigenvalue weighted by molar-refractivity contribution is -0.116. The lowest BCUT2D eigenvalue weighted by atomic mass is 10.1. The van der Waals surface area contributed by atoms with Gasteiger partial charge in [-0.05, 0) is 66.1 Å². The van der Waals surface area contributed by atoms with E-state index in [9.17, 15) is 4.79 Å². The monoisotopic (exact) mass is 391 g/mol. The molecule has 0 aliphatic rings. The second-order valence-corrected chi connectivity index (χ2v) is 6.52. The first-order valence-electron chi connectivity index (χ1n) is 9.41. The third-order valence-corrected chi connectivity index (χ3v) is 4.50. The smallest absolute Gasteiger partial charge is 0.224 e. The molecule has 0 aliphatic carbocycles. The standard InChI is InChI=1S/C23H25N3O3/c1-28-21-9-3-17(15-22(21)29-2)4-10-23(27)26-20-7-5-19(6-8-20)25-16-18-11-13-24-14-12-18/h3,5-9,11-15,25H,4,10,16H2,1-2H3,(H,26,27). The summed E-state index contributed by atoms with van der Waals surface area (Å²) in [4.78, 5) is 16.3. The van der Waals surface area contributed by atoms with E-state index in [1.807, 2.05) is 54.6 Å². The van der Waals surface area contributed by atoms with Crippen molar-refractivity contribution in [3.05, 3.63) is 78.1 Å². The highest BCUT2D eigenvalue weighted by molar-refractivity contribution is 5.91. The summed E-state index contributed by atoms with van der Waals surface area (Å²) in [5.41, 5.74) is 3.95. The summed E-state index contributed by atoms with van der Waals surface area (Å²) in [5, 5.41) is 6.28. The summed E-state index contributed by atoms with van der Waals surface area (Å²) in [5.74, 6) is 1.32. The lowest BCUT2D eigenvalue weighted by Crippen LogP contribution is -2.12. The second-order valence-electron chi connectivity index (χ2n) is 6.52. The summed E-state index contributed by atoms with van der Waals surface area (Å²) in [6.45, 7) is 0.722. The number of carbonyl (C=O) groups is 1. The first-order valence-corrected chi connectivity index (χ1v) is 9.41. The van der Waals surface area contributed by atoms with E-state index in [1.54, 1.807) is 26.6 Å². The Kier molecular flexibility index (Phi) is 7.05. The highest BCUT2D eigenvalue weighted by Gasteiger charge is 2.07. The molecule has 2 aromatic carbocycles. The number of amides is 1. The first-order chi connectivity index (χ1) is 14.2. The largest absolute Gasteiger partial charge is 0.493 e. The molecule has 0 saturated carbocycles. The van der Waals surface area contributed by atoms with Gasteiger partial charge in [-0.15, -0.1) is 0 Å². The Balaban J connectivity index is 1.48. The van der Waals surface area contributed by atoms with Gasteiger partial charge in [0, 0.05) is 36.7 Å². The number of ether oxygens (including phenoxy) is 2. The lowest BCUT2D eigenvalue weighted by Gasteiger charge is -2.10. The quantitative estimate of drug-likeness (QED) is 0.570. The molecule has 29 heavy (non-hydrogen) atoms. The summed E-state index contributed by atoms with van der Waals surface area (Å²) in [6.07, 6.45) is 4.56. The van der Waals surface area contributed by atoms with Gasteiger partial charge in [0.1, 0.15) is 0 Å². The molecular weight excluding hydrogens is 366 g/mol. The Morgan fingerprint density at radius 1 is 0.862 bits per heavy atom. The molecule has 0 unspecified atom stereocenters. The molecule has 2 N–H and O–H groups in total. The van der Waals surface area contributed by atoms with Crippen LogP contribution in [0.2, 0.25) is 0 Å². The zero-order valence-corrected chi connectivity index (χ0v) is 16.6. The molecule has 3 aromatic rings. The zero-order chi connectivity index (χ0) is 20.5. The maximum atomic E-state index is 12.3. The molecule has 0 aliphatic heterocycles. The Hall–Kier alpha value is -3.54. The predicted molar refractivity (Wildman–Crippen MR) is 115 cm³/mol. The fraction of sp³-hybridized carbons (Fsp3) is 0.217. The topological polar surface area (TPSA) is 72.5 Å². The number of hydrogen-bond donors (Lipinski definition) is 2. The highest BCUT2D eigenvalue weighted by Crippen LogP contribution is 2.28. The normalized spacial score (nSPS) is 10.3. The third kappa shape index (κ3) is 5.97. The summed E-state index contributed by atoms with van der Waals surface area (Å²) in [7, 11) is 3.20. The van der Waals surface area contributed by atoms with Crippen molar-refractivity contribution in [1.82, 2.24) is 4.98 Å². The average molecular weight is 391 g/mol. The minimum Gasteiger partial charge on any atom is -0.493 e. The number of rotatable bonds is 9. The van der Waals surface area contributed by atoms with E-state index in [2.05, 4.69) is 15.6 Å². The number of methoxy groups -OCH3 is 2. The molecule has 1 amide bonds. The molecule has 0 radical (unpaired) electrons. The summed E-state index contributed by atoms with van der Waals surface area (Å²) in [6, 6.07) is 17.3. The van der Waals surface area contributed by atoms with Gasteiger partial charge in [-0.1, -0.05) is 6.07 Å². The van der Waals surface area contributed by atoms with Crippen LogP contribution >= 0.6 is 0 Å². The molecule has 0 fully saturated rings. The van der Waals surface area contributed by atoms with Crippen LogP contribution in [0, 0.1) is 0 Å². The van der Waals surface area contributed by atoms with Crippen molar-refractivity contribution in [3.63, 3.8) is 0 Å². The molecular formula is C23H25N3O3. The van der Waals surface area contributed by atoms with Gasteiger partial charge in [0.2, 0.25) is 5.91 Å². The fourth-order valence-electron chi connectivity index (χ4n) is 2.89. The molecule has 1 heterocycles. The van der Waals surface area contributed by atoms with Gasteiger partial charge >= 0.3 is 0 Å². The van der Waals surface area contributed by atoms with E-state index < -0.39 is 0 Å². The minimum atomic E-state index is -0.0303. The number of nitrogens with zero attached hydrogens (tertiary/aromatic N) is 1. The predicted octanol–water partition coefficient (Wildman–Crippen LogP) is 4.28. The van der Waals surface area contributed by atoms with Gasteiger partial charge in [-0.3, -0.25) is 9.78 Å². The van der Waals surface area contributed by atoms with Crippen molar-refractivity contribution in [2.45, 2.75) is 19.4 Å². The van der Waals surface area contributed by atoms with Crippen molar-refractivity contribution >= 4 is 17.3 Å². The molecule has 150 valence electrons. The number of aryl methyl sites for hydroxylation is 1. The Bertz CT molecular complexity index is 928. The molecule has 1 aromatic heterocycles. The van der Waals surface area contributed by atoms with Gasteiger partial charge in [0.15, 0.2) is 11.5 Å². The van der Waals surface area contributed by atoms with Crippen LogP contribution in [0.4, 0.5) is 11.4 Å². The van der Waals surface area contributed by atoms with Crippen LogP contribution in [-0.2, 0) is 17.8 Å². The summed E-state index contributed by atoms with van der Waals surface area (Å²) >= 11 is 0. The van der Waals surface area contributed by atoms with E-state index in [0.717, 1.165) is 29.0 Å². The molecule has 3 rings (SSSR count). The van der Waals surface area contributed by atoms with Crippen LogP contribution in [0.5, 0.6) is 11.5 Å². The molecule has 6 heteroatoms. The number of benzene rings is 2. The van der Waals surface area contributed by atoms with E-state index in [1.165, 1.54) is 0 Å². The van der Waals surface area contributed by atoms with Crippen molar-refractivity contribution < 1.29 is 14.3 Å². The van der Waals surface area contributed by atoms with Gasteiger partial charge < -0.3 is 20.1 Å². The number of carbonyl (C=O) groups excluding carboxylic acids is 1. The van der Waals surface area contributed by atoms with E-state index in [-0.39, 0.29) is 5.91 Å². The van der Waals surface area contributed by atoms with Crippen LogP contribution in [0.1, 0.15) is 17.5 Å². The average Bonchev–Trinajstić information content (AvgIpc) is 2.77. The van der Waals surface area contributed by atoms with E-state index >= 15 is 0 Å². The molecule has 0 spiro atoms. The number of anilines is 2. The van der Waals surface area contributed by atoms with Crippen LogP contribution < -0.4 is 20.1 Å².